The van der Waals surface area contributed by atoms with Gasteiger partial charge in [0.05, 0.1) is 5.56 Å². The van der Waals surface area contributed by atoms with Gasteiger partial charge in [-0.15, -0.1) is 0 Å². The molecule has 0 aromatic heterocycles. The predicted molar refractivity (Wildman–Crippen MR) is 79.4 cm³/mol. The number of rotatable bonds is 4. The lowest BCUT2D eigenvalue weighted by Gasteiger charge is -2.08. The van der Waals surface area contributed by atoms with E-state index in [0.29, 0.717) is 27.6 Å². The summed E-state index contributed by atoms with van der Waals surface area (Å²) in [5.74, 6) is -0.0907. The van der Waals surface area contributed by atoms with E-state index in [0.717, 1.165) is 6.08 Å². The van der Waals surface area contributed by atoms with Crippen molar-refractivity contribution in [2.75, 3.05) is 0 Å². The summed E-state index contributed by atoms with van der Waals surface area (Å²) in [6.45, 7) is 0. The van der Waals surface area contributed by atoms with Crippen LogP contribution in [0.2, 0.25) is 5.02 Å². The van der Waals surface area contributed by atoms with Crippen molar-refractivity contribution in [2.45, 2.75) is 0 Å². The van der Waals surface area contributed by atoms with Crippen molar-refractivity contribution in [1.82, 2.24) is 0 Å². The molecule has 4 nitrogen and oxygen atoms in total. The molecule has 2 aromatic rings. The number of carboxylic acids is 1. The Kier molecular flexibility index (Phi) is 4.60. The van der Waals surface area contributed by atoms with Gasteiger partial charge in [-0.25, -0.2) is 4.79 Å². The molecule has 0 bridgehead atoms. The van der Waals surface area contributed by atoms with Crippen molar-refractivity contribution < 1.29 is 14.6 Å². The lowest BCUT2D eigenvalue weighted by molar-refractivity contribution is -0.131. The molecule has 0 aliphatic carbocycles. The molecular formula is C16H10ClNO3. The van der Waals surface area contributed by atoms with Gasteiger partial charge in [0.25, 0.3) is 0 Å². The van der Waals surface area contributed by atoms with Gasteiger partial charge in [-0.2, -0.15) is 5.26 Å². The van der Waals surface area contributed by atoms with E-state index >= 15 is 0 Å². The molecule has 0 saturated heterocycles. The maximum Gasteiger partial charge on any atom is 0.328 e. The lowest BCUT2D eigenvalue weighted by atomic mass is 10.1. The van der Waals surface area contributed by atoms with E-state index < -0.39 is 5.97 Å². The number of nitriles is 1. The molecule has 2 aromatic carbocycles. The smallest absolute Gasteiger partial charge is 0.328 e. The van der Waals surface area contributed by atoms with Crippen molar-refractivity contribution in [1.29, 1.82) is 5.26 Å². The molecule has 0 saturated carbocycles. The monoisotopic (exact) mass is 299 g/mol. The average Bonchev–Trinajstić information content (AvgIpc) is 2.48. The van der Waals surface area contributed by atoms with Crippen LogP contribution < -0.4 is 4.74 Å². The Morgan fingerprint density at radius 1 is 1.24 bits per heavy atom. The molecule has 0 amide bonds. The quantitative estimate of drug-likeness (QED) is 0.863. The first-order chi connectivity index (χ1) is 10.1. The summed E-state index contributed by atoms with van der Waals surface area (Å²) in [7, 11) is 0. The van der Waals surface area contributed by atoms with Crippen molar-refractivity contribution in [3.63, 3.8) is 0 Å². The molecule has 0 radical (unpaired) electrons. The highest BCUT2D eigenvalue weighted by molar-refractivity contribution is 6.30. The maximum absolute atomic E-state index is 10.5. The Balaban J connectivity index is 2.26. The van der Waals surface area contributed by atoms with Gasteiger partial charge >= 0.3 is 5.97 Å². The van der Waals surface area contributed by atoms with E-state index in [-0.39, 0.29) is 0 Å². The number of carbonyl (C=O) groups is 1. The minimum absolute atomic E-state index is 0.317. The van der Waals surface area contributed by atoms with E-state index in [1.54, 1.807) is 42.5 Å². The van der Waals surface area contributed by atoms with Crippen LogP contribution in [0.5, 0.6) is 11.5 Å². The number of nitrogens with zero attached hydrogens (tertiary/aromatic N) is 1. The van der Waals surface area contributed by atoms with Crippen LogP contribution in [0.15, 0.2) is 48.5 Å². The Morgan fingerprint density at radius 2 is 1.95 bits per heavy atom. The molecule has 2 rings (SSSR count). The standard InChI is InChI=1S/C16H10ClNO3/c17-13-3-5-14(6-4-13)21-15-7-1-11(2-8-16(19)20)9-12(15)10-18/h1-9H,(H,19,20)/b8-2+. The number of carboxylic acid groups (broad SMARTS) is 1. The fourth-order valence-electron chi connectivity index (χ4n) is 1.62. The van der Waals surface area contributed by atoms with E-state index in [4.69, 9.17) is 26.7 Å². The number of hydrogen-bond acceptors (Lipinski definition) is 3. The van der Waals surface area contributed by atoms with Crippen LogP contribution in [0.1, 0.15) is 11.1 Å². The number of ether oxygens (including phenoxy) is 1. The van der Waals surface area contributed by atoms with Gasteiger partial charge in [0.1, 0.15) is 17.6 Å². The van der Waals surface area contributed by atoms with Gasteiger partial charge < -0.3 is 9.84 Å². The van der Waals surface area contributed by atoms with Crippen molar-refractivity contribution in [2.24, 2.45) is 0 Å². The van der Waals surface area contributed by atoms with Crippen LogP contribution in [-0.2, 0) is 4.79 Å². The first kappa shape index (κ1) is 14.6. The molecule has 21 heavy (non-hydrogen) atoms. The minimum Gasteiger partial charge on any atom is -0.478 e. The first-order valence-corrected chi connectivity index (χ1v) is 6.35. The molecule has 0 aliphatic rings. The van der Waals surface area contributed by atoms with Gasteiger partial charge in [0.2, 0.25) is 0 Å². The summed E-state index contributed by atoms with van der Waals surface area (Å²) >= 11 is 5.79. The summed E-state index contributed by atoms with van der Waals surface area (Å²) < 4.78 is 5.61. The largest absolute Gasteiger partial charge is 0.478 e. The van der Waals surface area contributed by atoms with Gasteiger partial charge in [0, 0.05) is 11.1 Å². The SMILES string of the molecule is N#Cc1cc(/C=C/C(=O)O)ccc1Oc1ccc(Cl)cc1. The maximum atomic E-state index is 10.5. The summed E-state index contributed by atoms with van der Waals surface area (Å²) in [4.78, 5) is 10.5. The number of benzene rings is 2. The molecule has 0 spiro atoms. The fraction of sp³-hybridized carbons (Fsp3) is 0. The van der Waals surface area contributed by atoms with E-state index in [1.165, 1.54) is 6.08 Å². The lowest BCUT2D eigenvalue weighted by Crippen LogP contribution is -1.90. The van der Waals surface area contributed by atoms with E-state index in [2.05, 4.69) is 0 Å². The second kappa shape index (κ2) is 6.60. The van der Waals surface area contributed by atoms with Crippen molar-refractivity contribution in [3.05, 3.63) is 64.7 Å². The third-order valence-corrected chi connectivity index (χ3v) is 2.84. The Bertz CT molecular complexity index is 730. The molecule has 0 aliphatic heterocycles. The molecule has 0 atom stereocenters. The highest BCUT2D eigenvalue weighted by atomic mass is 35.5. The van der Waals surface area contributed by atoms with Crippen molar-refractivity contribution >= 4 is 23.6 Å². The minimum atomic E-state index is -1.05. The van der Waals surface area contributed by atoms with Gasteiger partial charge in [0.15, 0.2) is 0 Å². The molecule has 0 heterocycles. The molecule has 0 fully saturated rings. The summed E-state index contributed by atoms with van der Waals surface area (Å²) in [6, 6.07) is 13.6. The van der Waals surface area contributed by atoms with Gasteiger partial charge in [-0.1, -0.05) is 17.7 Å². The Hall–Kier alpha value is -2.77. The summed E-state index contributed by atoms with van der Waals surface area (Å²) in [5, 5.41) is 18.3. The van der Waals surface area contributed by atoms with Crippen LogP contribution in [0.3, 0.4) is 0 Å². The van der Waals surface area contributed by atoms with Gasteiger partial charge in [-0.3, -0.25) is 0 Å². The Labute approximate surface area is 126 Å². The zero-order valence-electron chi connectivity index (χ0n) is 10.8. The van der Waals surface area contributed by atoms with Crippen molar-refractivity contribution in [3.8, 4) is 17.6 Å². The molecule has 0 unspecified atom stereocenters. The summed E-state index contributed by atoms with van der Waals surface area (Å²) in [6.07, 6.45) is 2.42. The van der Waals surface area contributed by atoms with E-state index in [9.17, 15) is 4.79 Å². The zero-order chi connectivity index (χ0) is 15.2. The molecule has 5 heteroatoms. The summed E-state index contributed by atoms with van der Waals surface area (Å²) in [5.41, 5.74) is 0.926. The normalized spacial score (nSPS) is 10.3. The van der Waals surface area contributed by atoms with Gasteiger partial charge in [-0.05, 0) is 48.0 Å². The highest BCUT2D eigenvalue weighted by Crippen LogP contribution is 2.27. The number of hydrogen-bond donors (Lipinski definition) is 1. The third-order valence-electron chi connectivity index (χ3n) is 2.58. The zero-order valence-corrected chi connectivity index (χ0v) is 11.5. The number of halogens is 1. The number of aliphatic carboxylic acids is 1. The third kappa shape index (κ3) is 4.10. The van der Waals surface area contributed by atoms with Crippen LogP contribution in [-0.4, -0.2) is 11.1 Å². The topological polar surface area (TPSA) is 70.3 Å². The first-order valence-electron chi connectivity index (χ1n) is 5.97. The predicted octanol–water partition coefficient (Wildman–Crippen LogP) is 4.10. The Morgan fingerprint density at radius 3 is 2.57 bits per heavy atom. The molecule has 1 N–H and O–H groups in total. The molecular weight excluding hydrogens is 290 g/mol. The van der Waals surface area contributed by atoms with Crippen LogP contribution >= 0.6 is 11.6 Å². The second-order valence-corrected chi connectivity index (χ2v) is 4.53. The fourth-order valence-corrected chi connectivity index (χ4v) is 1.75. The molecule has 104 valence electrons. The van der Waals surface area contributed by atoms with E-state index in [1.807, 2.05) is 6.07 Å². The highest BCUT2D eigenvalue weighted by Gasteiger charge is 2.05. The second-order valence-electron chi connectivity index (χ2n) is 4.09. The van der Waals surface area contributed by atoms with Crippen LogP contribution in [0.25, 0.3) is 6.08 Å². The van der Waals surface area contributed by atoms with Crippen LogP contribution in [0, 0.1) is 11.3 Å². The average molecular weight is 300 g/mol. The van der Waals surface area contributed by atoms with Crippen LogP contribution in [0.4, 0.5) is 0 Å².